The van der Waals surface area contributed by atoms with Crippen molar-refractivity contribution in [3.63, 3.8) is 0 Å². The fourth-order valence-electron chi connectivity index (χ4n) is 4.99. The van der Waals surface area contributed by atoms with Gasteiger partial charge in [-0.25, -0.2) is 4.98 Å². The van der Waals surface area contributed by atoms with Crippen molar-refractivity contribution >= 4 is 40.1 Å². The normalized spacial score (nSPS) is 17.2. The number of aryl methyl sites for hydroxylation is 1. The van der Waals surface area contributed by atoms with Gasteiger partial charge in [-0.3, -0.25) is 10.1 Å². The van der Waals surface area contributed by atoms with Gasteiger partial charge in [-0.2, -0.15) is 4.98 Å². The fourth-order valence-corrected chi connectivity index (χ4v) is 5.92. The summed E-state index contributed by atoms with van der Waals surface area (Å²) in [7, 11) is 4.00. The van der Waals surface area contributed by atoms with Gasteiger partial charge < -0.3 is 15.5 Å². The van der Waals surface area contributed by atoms with Crippen LogP contribution < -0.4 is 15.5 Å². The van der Waals surface area contributed by atoms with Gasteiger partial charge in [0.15, 0.2) is 0 Å². The van der Waals surface area contributed by atoms with E-state index in [0.29, 0.717) is 24.6 Å². The molecule has 39 heavy (non-hydrogen) atoms. The number of nitrogens with zero attached hydrogens (tertiary/aromatic N) is 4. The lowest BCUT2D eigenvalue weighted by Crippen LogP contribution is -2.37. The first-order valence-electron chi connectivity index (χ1n) is 13.3. The highest BCUT2D eigenvalue weighted by Gasteiger charge is 2.23. The summed E-state index contributed by atoms with van der Waals surface area (Å²) in [6.45, 7) is 2.66. The van der Waals surface area contributed by atoms with E-state index in [1.165, 1.54) is 5.56 Å². The van der Waals surface area contributed by atoms with E-state index in [1.54, 1.807) is 23.9 Å². The van der Waals surface area contributed by atoms with Crippen molar-refractivity contribution in [2.24, 2.45) is 0 Å². The number of para-hydroxylation sites is 1. The number of rotatable bonds is 9. The number of non-ortho nitro benzene ring substituents is 1. The van der Waals surface area contributed by atoms with Crippen LogP contribution in [0.15, 0.2) is 76.5 Å². The molecule has 0 amide bonds. The largest absolute Gasteiger partial charge is 0.362 e. The Morgan fingerprint density at radius 3 is 2.41 bits per heavy atom. The van der Waals surface area contributed by atoms with Crippen molar-refractivity contribution in [3.05, 3.63) is 88.0 Å². The second-order valence-corrected chi connectivity index (χ2v) is 11.4. The Balaban J connectivity index is 1.21. The Labute approximate surface area is 233 Å². The number of nitro groups is 1. The molecule has 1 saturated carbocycles. The summed E-state index contributed by atoms with van der Waals surface area (Å²) < 4.78 is 0. The van der Waals surface area contributed by atoms with Gasteiger partial charge in [-0.1, -0.05) is 41.6 Å². The monoisotopic (exact) mass is 542 g/mol. The van der Waals surface area contributed by atoms with Gasteiger partial charge in [0.2, 0.25) is 5.95 Å². The third kappa shape index (κ3) is 6.66. The predicted octanol–water partition coefficient (Wildman–Crippen LogP) is 6.58. The molecule has 0 atom stereocenters. The summed E-state index contributed by atoms with van der Waals surface area (Å²) >= 11 is 1.65. The van der Waals surface area contributed by atoms with E-state index in [-0.39, 0.29) is 10.6 Å². The quantitative estimate of drug-likeness (QED) is 0.181. The van der Waals surface area contributed by atoms with Crippen molar-refractivity contribution < 1.29 is 4.92 Å². The van der Waals surface area contributed by atoms with Gasteiger partial charge in [0.05, 0.1) is 10.4 Å². The van der Waals surface area contributed by atoms with Gasteiger partial charge >= 0.3 is 0 Å². The molecule has 1 aliphatic carbocycles. The molecular formula is C30H34N6O2S. The first kappa shape index (κ1) is 26.9. The lowest BCUT2D eigenvalue weighted by molar-refractivity contribution is -0.385. The maximum atomic E-state index is 11.4. The highest BCUT2D eigenvalue weighted by molar-refractivity contribution is 7.99. The molecule has 0 saturated heterocycles. The van der Waals surface area contributed by atoms with Crippen molar-refractivity contribution in [3.8, 4) is 0 Å². The van der Waals surface area contributed by atoms with Crippen molar-refractivity contribution in [1.29, 1.82) is 0 Å². The van der Waals surface area contributed by atoms with E-state index in [4.69, 9.17) is 9.97 Å². The van der Waals surface area contributed by atoms with Crippen LogP contribution in [0.25, 0.3) is 10.9 Å². The van der Waals surface area contributed by atoms with Crippen molar-refractivity contribution in [2.75, 3.05) is 24.3 Å². The summed E-state index contributed by atoms with van der Waals surface area (Å²) in [6, 6.07) is 22.3. The highest BCUT2D eigenvalue weighted by Crippen LogP contribution is 2.33. The zero-order valence-electron chi connectivity index (χ0n) is 22.6. The lowest BCUT2D eigenvalue weighted by atomic mass is 9.91. The second-order valence-electron chi connectivity index (χ2n) is 10.3. The predicted molar refractivity (Wildman–Crippen MR) is 159 cm³/mol. The summed E-state index contributed by atoms with van der Waals surface area (Å²) in [4.78, 5) is 24.9. The number of fused-ring (bicyclic) bond motifs is 1. The number of benzene rings is 3. The average molecular weight is 543 g/mol. The second kappa shape index (κ2) is 12.0. The average Bonchev–Trinajstić information content (AvgIpc) is 2.94. The van der Waals surface area contributed by atoms with Gasteiger partial charge in [-0.05, 0) is 68.5 Å². The Bertz CT molecular complexity index is 1450. The van der Waals surface area contributed by atoms with E-state index in [1.807, 2.05) is 43.3 Å². The minimum Gasteiger partial charge on any atom is -0.362 e. The summed E-state index contributed by atoms with van der Waals surface area (Å²) in [5.74, 6) is 1.58. The van der Waals surface area contributed by atoms with Crippen LogP contribution >= 0.6 is 11.8 Å². The molecular weight excluding hydrogens is 508 g/mol. The van der Waals surface area contributed by atoms with Gasteiger partial charge in [0.25, 0.3) is 5.69 Å². The summed E-state index contributed by atoms with van der Waals surface area (Å²) in [6.07, 6.45) is 4.04. The zero-order valence-corrected chi connectivity index (χ0v) is 23.4. The van der Waals surface area contributed by atoms with E-state index in [0.717, 1.165) is 57.8 Å². The Morgan fingerprint density at radius 1 is 0.974 bits per heavy atom. The highest BCUT2D eigenvalue weighted by atomic mass is 32.2. The Hall–Kier alpha value is -3.69. The molecule has 1 heterocycles. The first-order chi connectivity index (χ1) is 18.9. The topological polar surface area (TPSA) is 96.2 Å². The molecule has 2 N–H and O–H groups in total. The van der Waals surface area contributed by atoms with Gasteiger partial charge in [0, 0.05) is 60.0 Å². The third-order valence-corrected chi connectivity index (χ3v) is 8.28. The minimum absolute atomic E-state index is 0.125. The Kier molecular flexibility index (Phi) is 8.28. The van der Waals surface area contributed by atoms with Gasteiger partial charge in [-0.15, -0.1) is 0 Å². The molecule has 202 valence electrons. The van der Waals surface area contributed by atoms with Crippen LogP contribution in [0.3, 0.4) is 0 Å². The van der Waals surface area contributed by atoms with Crippen LogP contribution in [-0.4, -0.2) is 41.1 Å². The molecule has 3 aromatic carbocycles. The maximum Gasteiger partial charge on any atom is 0.269 e. The number of hydrogen-bond donors (Lipinski definition) is 2. The Morgan fingerprint density at radius 2 is 1.69 bits per heavy atom. The molecule has 4 aromatic rings. The molecule has 1 aromatic heterocycles. The molecule has 0 radical (unpaired) electrons. The van der Waals surface area contributed by atoms with Crippen molar-refractivity contribution in [1.82, 2.24) is 15.3 Å². The molecule has 0 bridgehead atoms. The number of nitro benzene ring substituents is 1. The standard InChI is InChI=1S/C30H34N6O2S/c1-20-8-15-25(16-9-20)39-28-17-14-24(36(37)38)18-21(28)19-31-22-10-12-23(13-11-22)32-30-33-27-7-5-4-6-26(27)29(34-30)35(2)3/h4-9,14-18,22-23,31H,10-13,19H2,1-3H3,(H,32,33,34). The third-order valence-electron chi connectivity index (χ3n) is 7.15. The molecule has 0 spiro atoms. The fraction of sp³-hybridized carbons (Fsp3) is 0.333. The van der Waals surface area contributed by atoms with Crippen LogP contribution in [0, 0.1) is 17.0 Å². The molecule has 5 rings (SSSR count). The van der Waals surface area contributed by atoms with E-state index < -0.39 is 0 Å². The molecule has 1 fully saturated rings. The molecule has 8 nitrogen and oxygen atoms in total. The minimum atomic E-state index is -0.322. The van der Waals surface area contributed by atoms with Crippen LogP contribution in [0.4, 0.5) is 17.5 Å². The molecule has 0 unspecified atom stereocenters. The molecule has 9 heteroatoms. The van der Waals surface area contributed by atoms with Crippen LogP contribution in [-0.2, 0) is 6.54 Å². The lowest BCUT2D eigenvalue weighted by Gasteiger charge is -2.30. The SMILES string of the molecule is Cc1ccc(Sc2ccc([N+](=O)[O-])cc2CNC2CCC(Nc3nc(N(C)C)c4ccccc4n3)CC2)cc1. The molecule has 1 aliphatic rings. The number of anilines is 2. The molecule has 0 aliphatic heterocycles. The van der Waals surface area contributed by atoms with Crippen molar-refractivity contribution in [2.45, 2.75) is 61.0 Å². The van der Waals surface area contributed by atoms with E-state index in [2.05, 4.69) is 47.9 Å². The van der Waals surface area contributed by atoms with E-state index >= 15 is 0 Å². The van der Waals surface area contributed by atoms with Crippen LogP contribution in [0.5, 0.6) is 0 Å². The number of nitrogens with one attached hydrogen (secondary N) is 2. The maximum absolute atomic E-state index is 11.4. The van der Waals surface area contributed by atoms with Crippen LogP contribution in [0.2, 0.25) is 0 Å². The first-order valence-corrected chi connectivity index (χ1v) is 14.1. The summed E-state index contributed by atoms with van der Waals surface area (Å²) in [5.41, 5.74) is 3.22. The van der Waals surface area contributed by atoms with Gasteiger partial charge in [0.1, 0.15) is 5.82 Å². The van der Waals surface area contributed by atoms with Crippen LogP contribution in [0.1, 0.15) is 36.8 Å². The number of hydrogen-bond acceptors (Lipinski definition) is 8. The van der Waals surface area contributed by atoms with E-state index in [9.17, 15) is 10.1 Å². The smallest absolute Gasteiger partial charge is 0.269 e. The summed E-state index contributed by atoms with van der Waals surface area (Å²) in [5, 5.41) is 19.7. The number of aromatic nitrogens is 2. The zero-order chi connectivity index (χ0) is 27.4.